The summed E-state index contributed by atoms with van der Waals surface area (Å²) in [5, 5.41) is 2.61. The summed E-state index contributed by atoms with van der Waals surface area (Å²) in [6.07, 6.45) is 4.30. The minimum atomic E-state index is 1.03. The van der Waals surface area contributed by atoms with Crippen LogP contribution in [0.15, 0.2) is 53.4 Å². The zero-order chi connectivity index (χ0) is 16.3. The van der Waals surface area contributed by atoms with Gasteiger partial charge in [-0.2, -0.15) is 0 Å². The quantitative estimate of drug-likeness (QED) is 0.446. The highest BCUT2D eigenvalue weighted by atomic mass is 32.2. The topological polar surface area (TPSA) is 17.8 Å². The molecule has 0 saturated carbocycles. The zero-order valence-electron chi connectivity index (χ0n) is 13.8. The molecule has 3 heteroatoms. The molecule has 0 unspecified atom stereocenters. The number of pyridine rings is 1. The molecule has 0 fully saturated rings. The van der Waals surface area contributed by atoms with Crippen molar-refractivity contribution in [2.75, 3.05) is 6.26 Å². The second-order valence-corrected chi connectivity index (χ2v) is 7.22. The number of nitrogens with zero attached hydrogens (tertiary/aromatic N) is 2. The molecule has 118 valence electrons. The van der Waals surface area contributed by atoms with Gasteiger partial charge < -0.3 is 4.57 Å². The fraction of sp³-hybridized carbons (Fsp3) is 0.190. The van der Waals surface area contributed by atoms with E-state index in [4.69, 9.17) is 4.98 Å². The molecule has 0 N–H and O–H groups in total. The lowest BCUT2D eigenvalue weighted by Gasteiger charge is -2.22. The second kappa shape index (κ2) is 5.12. The molecule has 2 heterocycles. The number of para-hydroxylation sites is 1. The zero-order valence-corrected chi connectivity index (χ0v) is 14.7. The van der Waals surface area contributed by atoms with Crippen LogP contribution in [-0.2, 0) is 19.9 Å². The van der Waals surface area contributed by atoms with Crippen LogP contribution in [0.5, 0.6) is 0 Å². The molecule has 0 amide bonds. The van der Waals surface area contributed by atoms with Crippen molar-refractivity contribution in [1.29, 1.82) is 0 Å². The van der Waals surface area contributed by atoms with Crippen molar-refractivity contribution >= 4 is 33.7 Å². The first-order valence-electron chi connectivity index (χ1n) is 8.32. The summed E-state index contributed by atoms with van der Waals surface area (Å²) >= 11 is 1.85. The molecule has 0 aliphatic heterocycles. The standard InChI is InChI=1S/C21H18N2S/c1-23-17-10-6-5-9-15(17)19-20(24-2)18-14-8-4-3-7-13(14)11-12-16(18)22-21(19)23/h3-10H,11-12H2,1-2H3. The van der Waals surface area contributed by atoms with E-state index in [1.165, 1.54) is 43.6 Å². The number of benzene rings is 2. The van der Waals surface area contributed by atoms with E-state index in [1.807, 2.05) is 11.8 Å². The Morgan fingerprint density at radius 2 is 1.79 bits per heavy atom. The van der Waals surface area contributed by atoms with Crippen molar-refractivity contribution in [3.8, 4) is 11.1 Å². The Balaban J connectivity index is 2.01. The minimum absolute atomic E-state index is 1.03. The lowest BCUT2D eigenvalue weighted by molar-refractivity contribution is 0.883. The van der Waals surface area contributed by atoms with Crippen LogP contribution in [0.2, 0.25) is 0 Å². The normalized spacial score (nSPS) is 13.2. The molecule has 0 atom stereocenters. The van der Waals surface area contributed by atoms with Gasteiger partial charge in [-0.1, -0.05) is 42.5 Å². The molecule has 4 aromatic rings. The second-order valence-electron chi connectivity index (χ2n) is 6.40. The first-order valence-corrected chi connectivity index (χ1v) is 9.54. The SMILES string of the molecule is CSc1c2c(nc3c1c1ccccc1n3C)CCc1ccccc1-2. The maximum Gasteiger partial charge on any atom is 0.142 e. The Morgan fingerprint density at radius 3 is 2.67 bits per heavy atom. The predicted molar refractivity (Wildman–Crippen MR) is 103 cm³/mol. The number of aromatic nitrogens is 2. The number of hydrogen-bond acceptors (Lipinski definition) is 2. The van der Waals surface area contributed by atoms with Gasteiger partial charge in [-0.05, 0) is 36.3 Å². The molecule has 2 nitrogen and oxygen atoms in total. The van der Waals surface area contributed by atoms with E-state index >= 15 is 0 Å². The monoisotopic (exact) mass is 330 g/mol. The average Bonchev–Trinajstić information content (AvgIpc) is 2.92. The van der Waals surface area contributed by atoms with Gasteiger partial charge in [0, 0.05) is 28.3 Å². The molecule has 0 bridgehead atoms. The van der Waals surface area contributed by atoms with E-state index in [2.05, 4.69) is 66.4 Å². The lowest BCUT2D eigenvalue weighted by Crippen LogP contribution is -2.08. The Hall–Kier alpha value is -2.26. The molecular weight excluding hydrogens is 312 g/mol. The van der Waals surface area contributed by atoms with Gasteiger partial charge in [0.25, 0.3) is 0 Å². The lowest BCUT2D eigenvalue weighted by atomic mass is 9.88. The molecule has 0 radical (unpaired) electrons. The smallest absolute Gasteiger partial charge is 0.142 e. The Bertz CT molecular complexity index is 1110. The van der Waals surface area contributed by atoms with Crippen molar-refractivity contribution in [2.24, 2.45) is 7.05 Å². The first-order chi connectivity index (χ1) is 11.8. The largest absolute Gasteiger partial charge is 0.328 e. The van der Waals surface area contributed by atoms with Crippen molar-refractivity contribution in [1.82, 2.24) is 9.55 Å². The molecule has 1 aliphatic rings. The predicted octanol–water partition coefficient (Wildman–Crippen LogP) is 5.21. The highest BCUT2D eigenvalue weighted by Crippen LogP contribution is 2.44. The van der Waals surface area contributed by atoms with Crippen LogP contribution in [0.25, 0.3) is 33.1 Å². The van der Waals surface area contributed by atoms with Crippen molar-refractivity contribution in [3.05, 3.63) is 59.8 Å². The summed E-state index contributed by atoms with van der Waals surface area (Å²) in [4.78, 5) is 6.48. The summed E-state index contributed by atoms with van der Waals surface area (Å²) in [5.74, 6) is 0. The fourth-order valence-electron chi connectivity index (χ4n) is 4.07. The number of thioether (sulfide) groups is 1. The third-order valence-corrected chi connectivity index (χ3v) is 6.00. The summed E-state index contributed by atoms with van der Waals surface area (Å²) in [6.45, 7) is 0. The van der Waals surface area contributed by atoms with E-state index in [1.54, 1.807) is 0 Å². The van der Waals surface area contributed by atoms with Crippen LogP contribution in [0.3, 0.4) is 0 Å². The van der Waals surface area contributed by atoms with Gasteiger partial charge in [-0.25, -0.2) is 4.98 Å². The highest BCUT2D eigenvalue weighted by Gasteiger charge is 2.24. The van der Waals surface area contributed by atoms with Gasteiger partial charge in [-0.15, -0.1) is 11.8 Å². The highest BCUT2D eigenvalue weighted by molar-refractivity contribution is 7.99. The van der Waals surface area contributed by atoms with E-state index in [0.29, 0.717) is 0 Å². The van der Waals surface area contributed by atoms with Crippen LogP contribution in [0.4, 0.5) is 0 Å². The van der Waals surface area contributed by atoms with Crippen LogP contribution < -0.4 is 0 Å². The van der Waals surface area contributed by atoms with Crippen LogP contribution in [-0.4, -0.2) is 15.8 Å². The maximum atomic E-state index is 5.11. The number of hydrogen-bond donors (Lipinski definition) is 0. The minimum Gasteiger partial charge on any atom is -0.328 e. The van der Waals surface area contributed by atoms with Gasteiger partial charge in [0.1, 0.15) is 5.65 Å². The van der Waals surface area contributed by atoms with Gasteiger partial charge >= 0.3 is 0 Å². The van der Waals surface area contributed by atoms with Crippen LogP contribution in [0.1, 0.15) is 11.3 Å². The van der Waals surface area contributed by atoms with Crippen LogP contribution >= 0.6 is 11.8 Å². The fourth-order valence-corrected chi connectivity index (χ4v) is 4.91. The Kier molecular flexibility index (Phi) is 3.01. The van der Waals surface area contributed by atoms with E-state index in [-0.39, 0.29) is 0 Å². The third-order valence-electron chi connectivity index (χ3n) is 5.18. The number of aryl methyl sites for hydroxylation is 3. The van der Waals surface area contributed by atoms with E-state index in [0.717, 1.165) is 18.5 Å². The summed E-state index contributed by atoms with van der Waals surface area (Å²) in [7, 11) is 2.13. The Labute approximate surface area is 145 Å². The molecule has 5 rings (SSSR count). The van der Waals surface area contributed by atoms with E-state index in [9.17, 15) is 0 Å². The molecule has 0 saturated heterocycles. The van der Waals surface area contributed by atoms with Crippen molar-refractivity contribution in [2.45, 2.75) is 17.7 Å². The number of fused-ring (bicyclic) bond motifs is 6. The maximum absolute atomic E-state index is 5.11. The summed E-state index contributed by atoms with van der Waals surface area (Å²) in [6, 6.07) is 17.4. The van der Waals surface area contributed by atoms with Crippen molar-refractivity contribution in [3.63, 3.8) is 0 Å². The average molecular weight is 330 g/mol. The molecule has 2 aromatic carbocycles. The molecular formula is C21H18N2S. The Morgan fingerprint density at radius 1 is 1.00 bits per heavy atom. The van der Waals surface area contributed by atoms with Crippen molar-refractivity contribution < 1.29 is 0 Å². The van der Waals surface area contributed by atoms with E-state index < -0.39 is 0 Å². The van der Waals surface area contributed by atoms with Gasteiger partial charge in [0.05, 0.1) is 11.2 Å². The molecule has 2 aromatic heterocycles. The first kappa shape index (κ1) is 14.1. The third kappa shape index (κ3) is 1.76. The number of rotatable bonds is 1. The summed E-state index contributed by atoms with van der Waals surface area (Å²) < 4.78 is 2.24. The summed E-state index contributed by atoms with van der Waals surface area (Å²) in [5.41, 5.74) is 7.78. The molecule has 0 spiro atoms. The molecule has 1 aliphatic carbocycles. The molecule has 24 heavy (non-hydrogen) atoms. The van der Waals surface area contributed by atoms with Crippen LogP contribution in [0, 0.1) is 0 Å². The van der Waals surface area contributed by atoms with Gasteiger partial charge in [-0.3, -0.25) is 0 Å². The van der Waals surface area contributed by atoms with Gasteiger partial charge in [0.2, 0.25) is 0 Å². The van der Waals surface area contributed by atoms with Gasteiger partial charge in [0.15, 0.2) is 0 Å².